The van der Waals surface area contributed by atoms with Gasteiger partial charge in [-0.05, 0) is 61.9 Å². The van der Waals surface area contributed by atoms with Crippen LogP contribution in [0.4, 0.5) is 23.2 Å². The standard InChI is InChI=1S/C25H25F4N3O2/c1-34-22-11-8-16(12-19(22)26)24(33)31-17-9-6-15(7-10-17)14-30-21-13-23(25(27,28)29)32-20-5-3-2-4-18(20)21/h2-5,8,11-13,15,17H,6-7,9-10,14H2,1H3,(H,30,32)(H,31,33). The molecule has 1 aliphatic carbocycles. The highest BCUT2D eigenvalue weighted by Gasteiger charge is 2.33. The minimum Gasteiger partial charge on any atom is -0.494 e. The molecular formula is C25H25F4N3O2. The summed E-state index contributed by atoms with van der Waals surface area (Å²) in [4.78, 5) is 16.2. The molecule has 0 atom stereocenters. The SMILES string of the molecule is COc1ccc(C(=O)NC2CCC(CNc3cc(C(F)(F)F)nc4ccccc34)CC2)cc1F. The Kier molecular flexibility index (Phi) is 6.90. The van der Waals surface area contributed by atoms with Crippen molar-refractivity contribution in [1.29, 1.82) is 0 Å². The third-order valence-electron chi connectivity index (χ3n) is 6.18. The summed E-state index contributed by atoms with van der Waals surface area (Å²) in [6.45, 7) is 0.523. The van der Waals surface area contributed by atoms with E-state index in [0.717, 1.165) is 37.8 Å². The predicted molar refractivity (Wildman–Crippen MR) is 121 cm³/mol. The lowest BCUT2D eigenvalue weighted by Gasteiger charge is -2.29. The van der Waals surface area contributed by atoms with Gasteiger partial charge in [-0.2, -0.15) is 13.2 Å². The van der Waals surface area contributed by atoms with E-state index in [-0.39, 0.29) is 29.2 Å². The number of anilines is 1. The molecule has 0 saturated heterocycles. The number of methoxy groups -OCH3 is 1. The van der Waals surface area contributed by atoms with Crippen LogP contribution in [0.2, 0.25) is 0 Å². The zero-order chi connectivity index (χ0) is 24.3. The number of ether oxygens (including phenoxy) is 1. The van der Waals surface area contributed by atoms with Crippen molar-refractivity contribution in [3.05, 3.63) is 65.6 Å². The molecule has 0 spiro atoms. The molecule has 34 heavy (non-hydrogen) atoms. The average Bonchev–Trinajstić information content (AvgIpc) is 2.82. The lowest BCUT2D eigenvalue weighted by molar-refractivity contribution is -0.140. The molecule has 4 rings (SSSR count). The monoisotopic (exact) mass is 475 g/mol. The molecule has 1 fully saturated rings. The molecule has 5 nitrogen and oxygen atoms in total. The first-order valence-electron chi connectivity index (χ1n) is 11.1. The molecule has 0 radical (unpaired) electrons. The van der Waals surface area contributed by atoms with Gasteiger partial charge in [0, 0.05) is 29.2 Å². The Hall–Kier alpha value is -3.36. The number of para-hydroxylation sites is 1. The minimum absolute atomic E-state index is 0.0347. The lowest BCUT2D eigenvalue weighted by atomic mass is 9.85. The summed E-state index contributed by atoms with van der Waals surface area (Å²) < 4.78 is 58.6. The number of nitrogens with one attached hydrogen (secondary N) is 2. The number of nitrogens with zero attached hydrogens (tertiary/aromatic N) is 1. The van der Waals surface area contributed by atoms with E-state index >= 15 is 0 Å². The third kappa shape index (κ3) is 5.40. The molecule has 0 aliphatic heterocycles. The van der Waals surface area contributed by atoms with Gasteiger partial charge in [-0.1, -0.05) is 18.2 Å². The van der Waals surface area contributed by atoms with E-state index < -0.39 is 17.7 Å². The fourth-order valence-electron chi connectivity index (χ4n) is 4.31. The Balaban J connectivity index is 1.34. The van der Waals surface area contributed by atoms with Crippen molar-refractivity contribution in [1.82, 2.24) is 10.3 Å². The highest BCUT2D eigenvalue weighted by Crippen LogP contribution is 2.33. The van der Waals surface area contributed by atoms with Crippen molar-refractivity contribution in [3.8, 4) is 5.75 Å². The van der Waals surface area contributed by atoms with Crippen LogP contribution in [0, 0.1) is 11.7 Å². The van der Waals surface area contributed by atoms with Crippen LogP contribution in [0.1, 0.15) is 41.7 Å². The van der Waals surface area contributed by atoms with Gasteiger partial charge in [0.2, 0.25) is 0 Å². The third-order valence-corrected chi connectivity index (χ3v) is 6.18. The van der Waals surface area contributed by atoms with Crippen molar-refractivity contribution in [2.45, 2.75) is 37.9 Å². The summed E-state index contributed by atoms with van der Waals surface area (Å²) in [5.41, 5.74) is 0.0123. The van der Waals surface area contributed by atoms with Gasteiger partial charge in [0.05, 0.1) is 12.6 Å². The van der Waals surface area contributed by atoms with Crippen molar-refractivity contribution in [2.24, 2.45) is 5.92 Å². The topological polar surface area (TPSA) is 63.2 Å². The van der Waals surface area contributed by atoms with E-state index in [0.29, 0.717) is 23.1 Å². The maximum Gasteiger partial charge on any atom is 0.433 e. The van der Waals surface area contributed by atoms with E-state index in [2.05, 4.69) is 15.6 Å². The molecule has 1 amide bonds. The Labute approximate surface area is 194 Å². The van der Waals surface area contributed by atoms with Crippen molar-refractivity contribution >= 4 is 22.5 Å². The normalized spacial score (nSPS) is 18.5. The molecule has 0 unspecified atom stereocenters. The van der Waals surface area contributed by atoms with Crippen molar-refractivity contribution in [2.75, 3.05) is 19.0 Å². The summed E-state index contributed by atoms with van der Waals surface area (Å²) in [7, 11) is 1.36. The number of pyridine rings is 1. The molecule has 1 aromatic heterocycles. The van der Waals surface area contributed by atoms with Gasteiger partial charge in [0.25, 0.3) is 5.91 Å². The van der Waals surface area contributed by atoms with Crippen LogP contribution in [0.25, 0.3) is 10.9 Å². The number of alkyl halides is 3. The Morgan fingerprint density at radius 3 is 2.50 bits per heavy atom. The zero-order valence-electron chi connectivity index (χ0n) is 18.6. The number of rotatable bonds is 6. The number of carbonyl (C=O) groups is 1. The second-order valence-corrected chi connectivity index (χ2v) is 8.49. The number of hydrogen-bond acceptors (Lipinski definition) is 4. The number of carbonyl (C=O) groups excluding carboxylic acids is 1. The maximum absolute atomic E-state index is 13.9. The smallest absolute Gasteiger partial charge is 0.433 e. The molecule has 1 heterocycles. The summed E-state index contributed by atoms with van der Waals surface area (Å²) in [6, 6.07) is 11.9. The summed E-state index contributed by atoms with van der Waals surface area (Å²) in [5, 5.41) is 6.77. The number of benzene rings is 2. The van der Waals surface area contributed by atoms with Crippen LogP contribution < -0.4 is 15.4 Å². The van der Waals surface area contributed by atoms with Gasteiger partial charge < -0.3 is 15.4 Å². The van der Waals surface area contributed by atoms with Crippen molar-refractivity contribution in [3.63, 3.8) is 0 Å². The largest absolute Gasteiger partial charge is 0.494 e. The first kappa shape index (κ1) is 23.8. The van der Waals surface area contributed by atoms with Crippen LogP contribution in [0.15, 0.2) is 48.5 Å². The number of halogens is 4. The van der Waals surface area contributed by atoms with Gasteiger partial charge in [-0.15, -0.1) is 0 Å². The Morgan fingerprint density at radius 2 is 1.82 bits per heavy atom. The maximum atomic E-state index is 13.9. The average molecular weight is 475 g/mol. The number of aromatic nitrogens is 1. The van der Waals surface area contributed by atoms with Crippen LogP contribution in [-0.2, 0) is 6.18 Å². The van der Waals surface area contributed by atoms with E-state index in [9.17, 15) is 22.4 Å². The molecule has 1 aliphatic rings. The molecule has 2 N–H and O–H groups in total. The number of fused-ring (bicyclic) bond motifs is 1. The molecular weight excluding hydrogens is 450 g/mol. The fraction of sp³-hybridized carbons (Fsp3) is 0.360. The minimum atomic E-state index is -4.52. The molecule has 180 valence electrons. The van der Waals surface area contributed by atoms with Gasteiger partial charge in [0.15, 0.2) is 11.6 Å². The fourth-order valence-corrected chi connectivity index (χ4v) is 4.31. The van der Waals surface area contributed by atoms with Crippen LogP contribution >= 0.6 is 0 Å². The molecule has 1 saturated carbocycles. The number of hydrogen-bond donors (Lipinski definition) is 2. The summed E-state index contributed by atoms with van der Waals surface area (Å²) >= 11 is 0. The molecule has 0 bridgehead atoms. The van der Waals surface area contributed by atoms with Crippen LogP contribution in [0.3, 0.4) is 0 Å². The van der Waals surface area contributed by atoms with E-state index in [1.807, 2.05) is 0 Å². The highest BCUT2D eigenvalue weighted by molar-refractivity contribution is 5.94. The first-order valence-corrected chi connectivity index (χ1v) is 11.1. The number of amides is 1. The Morgan fingerprint density at radius 1 is 1.09 bits per heavy atom. The van der Waals surface area contributed by atoms with Gasteiger partial charge >= 0.3 is 6.18 Å². The van der Waals surface area contributed by atoms with Gasteiger partial charge in [-0.3, -0.25) is 4.79 Å². The second-order valence-electron chi connectivity index (χ2n) is 8.49. The molecule has 2 aromatic carbocycles. The van der Waals surface area contributed by atoms with Gasteiger partial charge in [0.1, 0.15) is 5.69 Å². The molecule has 3 aromatic rings. The zero-order valence-corrected chi connectivity index (χ0v) is 18.6. The highest BCUT2D eigenvalue weighted by atomic mass is 19.4. The Bertz CT molecular complexity index is 1170. The van der Waals surface area contributed by atoms with Crippen LogP contribution in [0.5, 0.6) is 5.75 Å². The summed E-state index contributed by atoms with van der Waals surface area (Å²) in [5.74, 6) is -0.602. The molecule has 9 heteroatoms. The second kappa shape index (κ2) is 9.87. The lowest BCUT2D eigenvalue weighted by Crippen LogP contribution is -2.38. The van der Waals surface area contributed by atoms with E-state index in [1.165, 1.54) is 19.2 Å². The van der Waals surface area contributed by atoms with E-state index in [1.54, 1.807) is 24.3 Å². The quantitative estimate of drug-likeness (QED) is 0.442. The van der Waals surface area contributed by atoms with Gasteiger partial charge in [-0.25, -0.2) is 9.37 Å². The van der Waals surface area contributed by atoms with Crippen LogP contribution in [-0.4, -0.2) is 30.6 Å². The predicted octanol–water partition coefficient (Wildman–Crippen LogP) is 5.80. The summed E-state index contributed by atoms with van der Waals surface area (Å²) in [6.07, 6.45) is -1.43. The first-order chi connectivity index (χ1) is 16.2. The van der Waals surface area contributed by atoms with Crippen molar-refractivity contribution < 1.29 is 27.1 Å². The van der Waals surface area contributed by atoms with E-state index in [4.69, 9.17) is 4.74 Å².